The summed E-state index contributed by atoms with van der Waals surface area (Å²) in [6.45, 7) is 4.59. The van der Waals surface area contributed by atoms with Crippen LogP contribution in [-0.2, 0) is 4.74 Å². The SMILES string of the molecule is O=C(Nc1ccc(Cl)cc1)N1CCN(C(=O)N2CCOCC2)CC1. The van der Waals surface area contributed by atoms with Crippen LogP contribution in [0, 0.1) is 0 Å². The molecule has 2 aliphatic heterocycles. The number of amides is 4. The van der Waals surface area contributed by atoms with Crippen molar-refractivity contribution < 1.29 is 14.3 Å². The van der Waals surface area contributed by atoms with Crippen LogP contribution >= 0.6 is 11.6 Å². The third-order valence-electron chi connectivity index (χ3n) is 4.21. The van der Waals surface area contributed by atoms with Crippen LogP contribution in [0.15, 0.2) is 24.3 Å². The van der Waals surface area contributed by atoms with Gasteiger partial charge in [-0.05, 0) is 24.3 Å². The summed E-state index contributed by atoms with van der Waals surface area (Å²) in [6, 6.07) is 6.87. The number of carbonyl (C=O) groups is 2. The van der Waals surface area contributed by atoms with Crippen molar-refractivity contribution in [3.05, 3.63) is 29.3 Å². The minimum absolute atomic E-state index is 0.0380. The van der Waals surface area contributed by atoms with Gasteiger partial charge in [0.05, 0.1) is 13.2 Å². The highest BCUT2D eigenvalue weighted by atomic mass is 35.5. The van der Waals surface area contributed by atoms with E-state index in [1.807, 2.05) is 4.90 Å². The van der Waals surface area contributed by atoms with Crippen LogP contribution in [0.25, 0.3) is 0 Å². The van der Waals surface area contributed by atoms with Gasteiger partial charge in [0.1, 0.15) is 0 Å². The molecule has 0 saturated carbocycles. The molecule has 0 aliphatic carbocycles. The van der Waals surface area contributed by atoms with Gasteiger partial charge < -0.3 is 24.8 Å². The zero-order valence-corrected chi connectivity index (χ0v) is 14.2. The summed E-state index contributed by atoms with van der Waals surface area (Å²) in [6.07, 6.45) is 0. The molecule has 2 fully saturated rings. The average molecular weight is 353 g/mol. The van der Waals surface area contributed by atoms with E-state index in [2.05, 4.69) is 5.32 Å². The molecule has 4 amide bonds. The van der Waals surface area contributed by atoms with Crippen LogP contribution in [0.1, 0.15) is 0 Å². The second-order valence-corrected chi connectivity index (χ2v) is 6.23. The van der Waals surface area contributed by atoms with E-state index in [0.29, 0.717) is 63.2 Å². The fraction of sp³-hybridized carbons (Fsp3) is 0.500. The second-order valence-electron chi connectivity index (χ2n) is 5.79. The van der Waals surface area contributed by atoms with Crippen molar-refractivity contribution in [1.29, 1.82) is 0 Å². The highest BCUT2D eigenvalue weighted by molar-refractivity contribution is 6.30. The van der Waals surface area contributed by atoms with Crippen molar-refractivity contribution in [2.75, 3.05) is 57.8 Å². The molecule has 7 nitrogen and oxygen atoms in total. The molecular formula is C16H21ClN4O3. The Morgan fingerprint density at radius 1 is 0.875 bits per heavy atom. The number of urea groups is 2. The van der Waals surface area contributed by atoms with Crippen molar-refractivity contribution in [2.45, 2.75) is 0 Å². The van der Waals surface area contributed by atoms with E-state index in [9.17, 15) is 9.59 Å². The first-order valence-electron chi connectivity index (χ1n) is 8.06. The molecule has 130 valence electrons. The molecule has 1 N–H and O–H groups in total. The van der Waals surface area contributed by atoms with Gasteiger partial charge in [0.15, 0.2) is 0 Å². The molecule has 0 aromatic heterocycles. The van der Waals surface area contributed by atoms with Gasteiger partial charge in [0.25, 0.3) is 0 Å². The number of nitrogens with zero attached hydrogens (tertiary/aromatic N) is 3. The van der Waals surface area contributed by atoms with Crippen molar-refractivity contribution in [2.24, 2.45) is 0 Å². The van der Waals surface area contributed by atoms with Gasteiger partial charge in [-0.1, -0.05) is 11.6 Å². The number of anilines is 1. The maximum atomic E-state index is 12.4. The van der Waals surface area contributed by atoms with Gasteiger partial charge in [-0.15, -0.1) is 0 Å². The average Bonchev–Trinajstić information content (AvgIpc) is 2.64. The molecule has 0 radical (unpaired) electrons. The number of benzene rings is 1. The smallest absolute Gasteiger partial charge is 0.321 e. The lowest BCUT2D eigenvalue weighted by Crippen LogP contribution is -2.56. The van der Waals surface area contributed by atoms with Gasteiger partial charge in [-0.3, -0.25) is 0 Å². The van der Waals surface area contributed by atoms with E-state index in [1.165, 1.54) is 0 Å². The van der Waals surface area contributed by atoms with E-state index in [4.69, 9.17) is 16.3 Å². The van der Waals surface area contributed by atoms with Crippen LogP contribution in [-0.4, -0.2) is 79.2 Å². The maximum Gasteiger partial charge on any atom is 0.321 e. The Hall–Kier alpha value is -1.99. The van der Waals surface area contributed by atoms with E-state index >= 15 is 0 Å². The second kappa shape index (κ2) is 7.72. The van der Waals surface area contributed by atoms with Gasteiger partial charge >= 0.3 is 12.1 Å². The van der Waals surface area contributed by atoms with E-state index in [-0.39, 0.29) is 12.1 Å². The number of rotatable bonds is 1. The first-order chi connectivity index (χ1) is 11.6. The lowest BCUT2D eigenvalue weighted by Gasteiger charge is -2.38. The molecule has 0 spiro atoms. The number of ether oxygens (including phenoxy) is 1. The molecule has 8 heteroatoms. The van der Waals surface area contributed by atoms with Gasteiger partial charge in [0.2, 0.25) is 0 Å². The zero-order valence-electron chi connectivity index (χ0n) is 13.4. The van der Waals surface area contributed by atoms with Gasteiger partial charge in [0, 0.05) is 50.0 Å². The first-order valence-corrected chi connectivity index (χ1v) is 8.44. The van der Waals surface area contributed by atoms with Crippen LogP contribution in [0.4, 0.5) is 15.3 Å². The number of piperazine rings is 1. The third-order valence-corrected chi connectivity index (χ3v) is 4.47. The maximum absolute atomic E-state index is 12.4. The quantitative estimate of drug-likeness (QED) is 0.840. The summed E-state index contributed by atoms with van der Waals surface area (Å²) in [7, 11) is 0. The monoisotopic (exact) mass is 352 g/mol. The first kappa shape index (κ1) is 16.9. The Kier molecular flexibility index (Phi) is 5.42. The Morgan fingerprint density at radius 2 is 1.42 bits per heavy atom. The predicted molar refractivity (Wildman–Crippen MR) is 91.4 cm³/mol. The predicted octanol–water partition coefficient (Wildman–Crippen LogP) is 1.94. The van der Waals surface area contributed by atoms with Crippen LogP contribution in [0.5, 0.6) is 0 Å². The fourth-order valence-corrected chi connectivity index (χ4v) is 2.92. The summed E-state index contributed by atoms with van der Waals surface area (Å²) < 4.78 is 5.27. The van der Waals surface area contributed by atoms with Crippen molar-refractivity contribution >= 4 is 29.4 Å². The Labute approximate surface area is 146 Å². The van der Waals surface area contributed by atoms with Crippen LogP contribution in [0.3, 0.4) is 0 Å². The number of nitrogens with one attached hydrogen (secondary N) is 1. The van der Waals surface area contributed by atoms with Crippen molar-refractivity contribution in [3.63, 3.8) is 0 Å². The Bertz CT molecular complexity index is 581. The Balaban J connectivity index is 1.48. The largest absolute Gasteiger partial charge is 0.378 e. The molecule has 0 atom stereocenters. The van der Waals surface area contributed by atoms with E-state index in [1.54, 1.807) is 34.1 Å². The standard InChI is InChI=1S/C16H21ClN4O3/c17-13-1-3-14(4-2-13)18-15(22)19-5-7-20(8-6-19)16(23)21-9-11-24-12-10-21/h1-4H,5-12H2,(H,18,22). The number of morpholine rings is 1. The number of carbonyl (C=O) groups excluding carboxylic acids is 2. The fourth-order valence-electron chi connectivity index (χ4n) is 2.79. The third kappa shape index (κ3) is 4.10. The molecule has 2 saturated heterocycles. The van der Waals surface area contributed by atoms with Gasteiger partial charge in [-0.25, -0.2) is 9.59 Å². The minimum atomic E-state index is -0.157. The van der Waals surface area contributed by atoms with Crippen LogP contribution in [0.2, 0.25) is 5.02 Å². The van der Waals surface area contributed by atoms with Gasteiger partial charge in [-0.2, -0.15) is 0 Å². The Morgan fingerprint density at radius 3 is 2.04 bits per heavy atom. The van der Waals surface area contributed by atoms with Crippen molar-refractivity contribution in [1.82, 2.24) is 14.7 Å². The summed E-state index contributed by atoms with van der Waals surface area (Å²) in [4.78, 5) is 30.0. The molecule has 0 unspecified atom stereocenters. The molecule has 24 heavy (non-hydrogen) atoms. The minimum Gasteiger partial charge on any atom is -0.378 e. The number of hydrogen-bond donors (Lipinski definition) is 1. The number of hydrogen-bond acceptors (Lipinski definition) is 3. The molecule has 2 aliphatic rings. The highest BCUT2D eigenvalue weighted by Crippen LogP contribution is 2.15. The molecule has 3 rings (SSSR count). The van der Waals surface area contributed by atoms with Crippen molar-refractivity contribution in [3.8, 4) is 0 Å². The molecule has 2 heterocycles. The lowest BCUT2D eigenvalue weighted by atomic mass is 10.3. The highest BCUT2D eigenvalue weighted by Gasteiger charge is 2.28. The summed E-state index contributed by atoms with van der Waals surface area (Å²) in [5.74, 6) is 0. The van der Waals surface area contributed by atoms with Crippen LogP contribution < -0.4 is 5.32 Å². The topological polar surface area (TPSA) is 65.1 Å². The molecular weight excluding hydrogens is 332 g/mol. The summed E-state index contributed by atoms with van der Waals surface area (Å²) in [5, 5.41) is 3.47. The number of halogens is 1. The molecule has 1 aromatic carbocycles. The summed E-state index contributed by atoms with van der Waals surface area (Å²) >= 11 is 5.83. The normalized spacial score (nSPS) is 18.5. The summed E-state index contributed by atoms with van der Waals surface area (Å²) in [5.41, 5.74) is 0.705. The van der Waals surface area contributed by atoms with E-state index < -0.39 is 0 Å². The van der Waals surface area contributed by atoms with E-state index in [0.717, 1.165) is 0 Å². The zero-order chi connectivity index (χ0) is 16.9. The lowest BCUT2D eigenvalue weighted by molar-refractivity contribution is 0.0394. The molecule has 1 aromatic rings. The molecule has 0 bridgehead atoms.